The molecular weight excluding hydrogens is 292 g/mol. The molecule has 0 saturated carbocycles. The highest BCUT2D eigenvalue weighted by molar-refractivity contribution is 5.87. The van der Waals surface area contributed by atoms with E-state index >= 15 is 0 Å². The lowest BCUT2D eigenvalue weighted by Gasteiger charge is -2.06. The Kier molecular flexibility index (Phi) is 8.16. The number of hydrogen-bond acceptors (Lipinski definition) is 1. The molecule has 124 valence electrons. The maximum atomic E-state index is 5.19. The van der Waals surface area contributed by atoms with Gasteiger partial charge in [0.25, 0.3) is 0 Å². The van der Waals surface area contributed by atoms with Gasteiger partial charge in [-0.15, -0.1) is 12.8 Å². The second-order valence-corrected chi connectivity index (χ2v) is 5.50. The Morgan fingerprint density at radius 3 is 1.83 bits per heavy atom. The van der Waals surface area contributed by atoms with Crippen molar-refractivity contribution in [1.29, 1.82) is 0 Å². The zero-order chi connectivity index (χ0) is 17.9. The van der Waals surface area contributed by atoms with Crippen LogP contribution in [0.3, 0.4) is 0 Å². The van der Waals surface area contributed by atoms with Gasteiger partial charge in [0.1, 0.15) is 5.75 Å². The van der Waals surface area contributed by atoms with E-state index in [1.165, 1.54) is 33.9 Å². The Labute approximate surface area is 146 Å². The first kappa shape index (κ1) is 19.3. The number of benzene rings is 3. The monoisotopic (exact) mass is 318 g/mol. The number of rotatable bonds is 2. The third-order valence-corrected chi connectivity index (χ3v) is 3.42. The van der Waals surface area contributed by atoms with E-state index in [4.69, 9.17) is 4.74 Å². The highest BCUT2D eigenvalue weighted by Gasteiger charge is 2.00. The fourth-order valence-electron chi connectivity index (χ4n) is 2.33. The lowest BCUT2D eigenvalue weighted by molar-refractivity contribution is 0.415. The molecule has 0 heterocycles. The summed E-state index contributed by atoms with van der Waals surface area (Å²) in [5, 5.41) is 2.57. The minimum absolute atomic E-state index is 0.889. The first-order chi connectivity index (χ1) is 11.7. The van der Waals surface area contributed by atoms with Crippen LogP contribution >= 0.6 is 0 Å². The molecule has 0 unspecified atom stereocenters. The zero-order valence-corrected chi connectivity index (χ0v) is 15.0. The summed E-state index contributed by atoms with van der Waals surface area (Å²) in [5.41, 5.74) is 3.74. The van der Waals surface area contributed by atoms with E-state index in [2.05, 4.69) is 82.1 Å². The number of hydrogen-bond donors (Lipinski definition) is 0. The van der Waals surface area contributed by atoms with Crippen LogP contribution in [-0.2, 0) is 0 Å². The zero-order valence-electron chi connectivity index (χ0n) is 15.0. The van der Waals surface area contributed by atoms with Gasteiger partial charge in [0.15, 0.2) is 0 Å². The Morgan fingerprint density at radius 1 is 0.750 bits per heavy atom. The van der Waals surface area contributed by atoms with Crippen LogP contribution in [0.4, 0.5) is 0 Å². The van der Waals surface area contributed by atoms with Crippen molar-refractivity contribution >= 4 is 10.8 Å². The summed E-state index contributed by atoms with van der Waals surface area (Å²) < 4.78 is 5.19. The summed E-state index contributed by atoms with van der Waals surface area (Å²) >= 11 is 0. The largest absolute Gasteiger partial charge is 0.497 e. The van der Waals surface area contributed by atoms with Crippen LogP contribution in [-0.4, -0.2) is 7.11 Å². The quantitative estimate of drug-likeness (QED) is 0.491. The summed E-state index contributed by atoms with van der Waals surface area (Å²) in [4.78, 5) is 0. The Morgan fingerprint density at radius 2 is 1.25 bits per heavy atom. The van der Waals surface area contributed by atoms with Gasteiger partial charge in [-0.2, -0.15) is 0 Å². The first-order valence-electron chi connectivity index (χ1n) is 8.16. The van der Waals surface area contributed by atoms with Gasteiger partial charge < -0.3 is 4.74 Å². The van der Waals surface area contributed by atoms with E-state index in [0.717, 1.165) is 5.75 Å². The van der Waals surface area contributed by atoms with Crippen LogP contribution in [0.1, 0.15) is 25.8 Å². The van der Waals surface area contributed by atoms with Gasteiger partial charge in [-0.1, -0.05) is 68.3 Å². The van der Waals surface area contributed by atoms with Crippen molar-refractivity contribution in [2.45, 2.75) is 27.2 Å². The molecule has 0 aliphatic heterocycles. The van der Waals surface area contributed by atoms with Crippen molar-refractivity contribution in [1.82, 2.24) is 0 Å². The average molecular weight is 318 g/mol. The van der Waals surface area contributed by atoms with E-state index in [-0.39, 0.29) is 0 Å². The van der Waals surface area contributed by atoms with Gasteiger partial charge in [-0.3, -0.25) is 0 Å². The Bertz CT molecular complexity index is 767. The van der Waals surface area contributed by atoms with E-state index in [0.29, 0.717) is 0 Å². The molecular formula is C23H26O. The Hall–Kier alpha value is -2.72. The topological polar surface area (TPSA) is 9.23 Å². The van der Waals surface area contributed by atoms with Crippen LogP contribution in [0.5, 0.6) is 5.75 Å². The second-order valence-electron chi connectivity index (χ2n) is 5.50. The SMILES string of the molecule is C#C.CCC.COc1ccc(-c2ccc3cc(C)ccc3c2)cc1. The molecule has 0 radical (unpaired) electrons. The molecule has 3 aromatic carbocycles. The Balaban J connectivity index is 0.000000521. The van der Waals surface area contributed by atoms with Crippen LogP contribution in [0, 0.1) is 19.8 Å². The standard InChI is InChI=1S/C18H16O.C3H8.C2H2/c1-13-3-4-17-12-16(6-5-15(17)11-13)14-7-9-18(19-2)10-8-14;1-3-2;1-2/h3-12H,1-2H3;3H2,1-2H3;1-2H. The summed E-state index contributed by atoms with van der Waals surface area (Å²) in [7, 11) is 1.69. The van der Waals surface area contributed by atoms with E-state index < -0.39 is 0 Å². The molecule has 0 saturated heterocycles. The van der Waals surface area contributed by atoms with E-state index in [1.807, 2.05) is 12.1 Å². The van der Waals surface area contributed by atoms with Gasteiger partial charge in [-0.05, 0) is 47.0 Å². The van der Waals surface area contributed by atoms with Crippen LogP contribution in [0.25, 0.3) is 21.9 Å². The van der Waals surface area contributed by atoms with Gasteiger partial charge in [-0.25, -0.2) is 0 Å². The molecule has 0 fully saturated rings. The highest BCUT2D eigenvalue weighted by Crippen LogP contribution is 2.26. The lowest BCUT2D eigenvalue weighted by Crippen LogP contribution is -1.83. The summed E-state index contributed by atoms with van der Waals surface area (Å²) in [5.74, 6) is 0.889. The summed E-state index contributed by atoms with van der Waals surface area (Å²) in [6, 6.07) is 21.3. The van der Waals surface area contributed by atoms with Gasteiger partial charge >= 0.3 is 0 Å². The maximum absolute atomic E-state index is 5.19. The minimum Gasteiger partial charge on any atom is -0.497 e. The molecule has 0 aromatic heterocycles. The molecule has 1 heteroatoms. The van der Waals surface area contributed by atoms with Gasteiger partial charge in [0.05, 0.1) is 7.11 Å². The lowest BCUT2D eigenvalue weighted by atomic mass is 10.0. The molecule has 0 aliphatic carbocycles. The molecule has 0 atom stereocenters. The number of methoxy groups -OCH3 is 1. The molecule has 0 bridgehead atoms. The molecule has 3 rings (SSSR count). The third kappa shape index (κ3) is 5.18. The van der Waals surface area contributed by atoms with Crippen LogP contribution in [0.2, 0.25) is 0 Å². The van der Waals surface area contributed by atoms with Crippen LogP contribution in [0.15, 0.2) is 60.7 Å². The summed E-state index contributed by atoms with van der Waals surface area (Å²) in [6.07, 6.45) is 9.25. The molecule has 1 nitrogen and oxygen atoms in total. The predicted molar refractivity (Wildman–Crippen MR) is 107 cm³/mol. The smallest absolute Gasteiger partial charge is 0.118 e. The predicted octanol–water partition coefficient (Wildman–Crippen LogP) is 6.49. The van der Waals surface area contributed by atoms with Crippen molar-refractivity contribution in [3.63, 3.8) is 0 Å². The van der Waals surface area contributed by atoms with Crippen molar-refractivity contribution in [2.75, 3.05) is 7.11 Å². The number of fused-ring (bicyclic) bond motifs is 1. The first-order valence-corrected chi connectivity index (χ1v) is 8.16. The van der Waals surface area contributed by atoms with Crippen LogP contribution < -0.4 is 4.74 Å². The number of aryl methyl sites for hydroxylation is 1. The number of terminal acetylenes is 1. The van der Waals surface area contributed by atoms with E-state index in [9.17, 15) is 0 Å². The summed E-state index contributed by atoms with van der Waals surface area (Å²) in [6.45, 7) is 6.37. The second kappa shape index (κ2) is 10.1. The molecule has 24 heavy (non-hydrogen) atoms. The molecule has 0 aliphatic rings. The highest BCUT2D eigenvalue weighted by atomic mass is 16.5. The van der Waals surface area contributed by atoms with Crippen molar-refractivity contribution < 1.29 is 4.74 Å². The average Bonchev–Trinajstić information content (AvgIpc) is 2.64. The van der Waals surface area contributed by atoms with Gasteiger partial charge in [0.2, 0.25) is 0 Å². The van der Waals surface area contributed by atoms with Crippen molar-refractivity contribution in [3.05, 3.63) is 66.2 Å². The van der Waals surface area contributed by atoms with E-state index in [1.54, 1.807) is 7.11 Å². The molecule has 0 spiro atoms. The number of ether oxygens (including phenoxy) is 1. The van der Waals surface area contributed by atoms with Crippen molar-refractivity contribution in [3.8, 4) is 29.7 Å². The molecule has 3 aromatic rings. The fraction of sp³-hybridized carbons (Fsp3) is 0.217. The third-order valence-electron chi connectivity index (χ3n) is 3.42. The normalized spacial score (nSPS) is 9.25. The fourth-order valence-corrected chi connectivity index (χ4v) is 2.33. The van der Waals surface area contributed by atoms with Crippen molar-refractivity contribution in [2.24, 2.45) is 0 Å². The molecule has 0 N–H and O–H groups in total. The minimum atomic E-state index is 0.889. The maximum Gasteiger partial charge on any atom is 0.118 e. The van der Waals surface area contributed by atoms with Gasteiger partial charge in [0, 0.05) is 0 Å². The molecule has 0 amide bonds.